The maximum atomic E-state index is 13.0. The van der Waals surface area contributed by atoms with Crippen molar-refractivity contribution in [1.82, 2.24) is 25.2 Å². The van der Waals surface area contributed by atoms with Crippen molar-refractivity contribution in [3.05, 3.63) is 60.6 Å². The minimum atomic E-state index is -0.297. The van der Waals surface area contributed by atoms with Gasteiger partial charge in [0.05, 0.1) is 6.20 Å². The number of hydrogen-bond acceptors (Lipinski definition) is 7. The quantitative estimate of drug-likeness (QED) is 0.514. The number of carbonyl (C=O) groups is 1. The maximum absolute atomic E-state index is 13.0. The molecule has 0 unspecified atom stereocenters. The summed E-state index contributed by atoms with van der Waals surface area (Å²) in [6.07, 6.45) is 6.79. The van der Waals surface area contributed by atoms with E-state index in [1.54, 1.807) is 30.7 Å². The molecule has 0 saturated carbocycles. The Kier molecular flexibility index (Phi) is 7.39. The predicted molar refractivity (Wildman–Crippen MR) is 119 cm³/mol. The molecule has 2 aromatic heterocycles. The first kappa shape index (κ1) is 21.9. The van der Waals surface area contributed by atoms with Crippen LogP contribution in [0.25, 0.3) is 11.3 Å². The van der Waals surface area contributed by atoms with E-state index in [2.05, 4.69) is 30.1 Å². The average molecular weight is 439 g/mol. The lowest BCUT2D eigenvalue weighted by Gasteiger charge is -2.34. The van der Waals surface area contributed by atoms with Crippen molar-refractivity contribution in [2.75, 3.05) is 44.2 Å². The molecule has 168 valence electrons. The van der Waals surface area contributed by atoms with Crippen LogP contribution in [0, 0.1) is 5.82 Å². The van der Waals surface area contributed by atoms with E-state index in [9.17, 15) is 9.18 Å². The van der Waals surface area contributed by atoms with Crippen molar-refractivity contribution in [1.29, 1.82) is 0 Å². The molecule has 1 fully saturated rings. The Morgan fingerprint density at radius 3 is 2.56 bits per heavy atom. The van der Waals surface area contributed by atoms with Crippen molar-refractivity contribution in [3.8, 4) is 11.3 Å². The summed E-state index contributed by atoms with van der Waals surface area (Å²) in [5.74, 6) is 1.54. The van der Waals surface area contributed by atoms with Gasteiger partial charge in [-0.2, -0.15) is 0 Å². The number of nitrogens with zero attached hydrogens (tertiary/aromatic N) is 5. The van der Waals surface area contributed by atoms with Crippen LogP contribution < -0.4 is 10.2 Å². The van der Waals surface area contributed by atoms with Crippen LogP contribution in [0.2, 0.25) is 0 Å². The number of piperazine rings is 1. The number of oxazole rings is 1. The lowest BCUT2D eigenvalue weighted by atomic mass is 10.2. The molecular formula is C23H27FN6O2. The largest absolute Gasteiger partial charge is 0.441 e. The molecule has 1 aromatic carbocycles. The highest BCUT2D eigenvalue weighted by atomic mass is 19.1. The zero-order valence-electron chi connectivity index (χ0n) is 17.9. The minimum absolute atomic E-state index is 0.0161. The molecule has 0 bridgehead atoms. The van der Waals surface area contributed by atoms with Gasteiger partial charge < -0.3 is 14.6 Å². The third-order valence-electron chi connectivity index (χ3n) is 5.43. The molecule has 1 aliphatic rings. The van der Waals surface area contributed by atoms with Gasteiger partial charge in [-0.1, -0.05) is 0 Å². The smallest absolute Gasteiger partial charge is 0.225 e. The number of halogens is 1. The topological polar surface area (TPSA) is 87.4 Å². The van der Waals surface area contributed by atoms with Crippen LogP contribution in [-0.4, -0.2) is 65.0 Å². The Balaban J connectivity index is 1.10. The second-order valence-corrected chi connectivity index (χ2v) is 7.71. The van der Waals surface area contributed by atoms with Crippen molar-refractivity contribution >= 4 is 11.9 Å². The van der Waals surface area contributed by atoms with Gasteiger partial charge >= 0.3 is 0 Å². The third kappa shape index (κ3) is 6.10. The van der Waals surface area contributed by atoms with Gasteiger partial charge in [-0.05, 0) is 43.3 Å². The highest BCUT2D eigenvalue weighted by Crippen LogP contribution is 2.21. The highest BCUT2D eigenvalue weighted by Gasteiger charge is 2.18. The number of anilines is 1. The number of rotatable bonds is 9. The molecule has 9 heteroatoms. The molecule has 3 heterocycles. The van der Waals surface area contributed by atoms with Crippen LogP contribution in [0.4, 0.5) is 10.3 Å². The van der Waals surface area contributed by atoms with E-state index in [0.717, 1.165) is 50.7 Å². The second kappa shape index (κ2) is 10.8. The molecule has 32 heavy (non-hydrogen) atoms. The van der Waals surface area contributed by atoms with Crippen LogP contribution in [0.5, 0.6) is 0 Å². The zero-order valence-corrected chi connectivity index (χ0v) is 17.9. The van der Waals surface area contributed by atoms with Crippen LogP contribution in [0.15, 0.2) is 53.3 Å². The summed E-state index contributed by atoms with van der Waals surface area (Å²) in [5, 5.41) is 2.96. The number of aryl methyl sites for hydroxylation is 1. The van der Waals surface area contributed by atoms with E-state index in [1.807, 2.05) is 6.07 Å². The fraction of sp³-hybridized carbons (Fsp3) is 0.391. The van der Waals surface area contributed by atoms with Crippen molar-refractivity contribution in [2.45, 2.75) is 19.3 Å². The Morgan fingerprint density at radius 1 is 1.06 bits per heavy atom. The fourth-order valence-corrected chi connectivity index (χ4v) is 3.64. The molecule has 0 spiro atoms. The van der Waals surface area contributed by atoms with Crippen LogP contribution in [0.1, 0.15) is 18.7 Å². The minimum Gasteiger partial charge on any atom is -0.441 e. The molecule has 0 radical (unpaired) electrons. The van der Waals surface area contributed by atoms with E-state index >= 15 is 0 Å². The second-order valence-electron chi connectivity index (χ2n) is 7.71. The summed E-state index contributed by atoms with van der Waals surface area (Å²) in [7, 11) is 0. The number of nitrogens with one attached hydrogen (secondary N) is 1. The number of benzene rings is 1. The predicted octanol–water partition coefficient (Wildman–Crippen LogP) is 2.53. The molecule has 1 saturated heterocycles. The number of amides is 1. The molecule has 3 aromatic rings. The van der Waals surface area contributed by atoms with Gasteiger partial charge in [0.15, 0.2) is 11.7 Å². The zero-order chi connectivity index (χ0) is 22.2. The highest BCUT2D eigenvalue weighted by molar-refractivity contribution is 5.76. The Labute approximate surface area is 186 Å². The van der Waals surface area contributed by atoms with Gasteiger partial charge in [-0.3, -0.25) is 9.69 Å². The van der Waals surface area contributed by atoms with Crippen LogP contribution in [-0.2, 0) is 11.2 Å². The summed E-state index contributed by atoms with van der Waals surface area (Å²) in [4.78, 5) is 29.5. The average Bonchev–Trinajstić information content (AvgIpc) is 3.31. The normalized spacial score (nSPS) is 14.5. The third-order valence-corrected chi connectivity index (χ3v) is 5.43. The van der Waals surface area contributed by atoms with Gasteiger partial charge in [-0.25, -0.2) is 19.3 Å². The van der Waals surface area contributed by atoms with Gasteiger partial charge in [0.2, 0.25) is 11.9 Å². The molecule has 1 amide bonds. The molecule has 1 aliphatic heterocycles. The molecule has 0 aliphatic carbocycles. The van der Waals surface area contributed by atoms with Crippen LogP contribution >= 0.6 is 0 Å². The molecule has 0 atom stereocenters. The van der Waals surface area contributed by atoms with E-state index in [4.69, 9.17) is 4.42 Å². The van der Waals surface area contributed by atoms with E-state index in [1.165, 1.54) is 12.1 Å². The first-order valence-electron chi connectivity index (χ1n) is 10.9. The first-order valence-corrected chi connectivity index (χ1v) is 10.9. The molecule has 1 N–H and O–H groups in total. The lowest BCUT2D eigenvalue weighted by molar-refractivity contribution is -0.121. The van der Waals surface area contributed by atoms with E-state index in [-0.39, 0.29) is 11.7 Å². The summed E-state index contributed by atoms with van der Waals surface area (Å²) < 4.78 is 18.7. The van der Waals surface area contributed by atoms with Crippen molar-refractivity contribution < 1.29 is 13.6 Å². The van der Waals surface area contributed by atoms with Gasteiger partial charge in [0.25, 0.3) is 0 Å². The van der Waals surface area contributed by atoms with Gasteiger partial charge in [-0.15, -0.1) is 0 Å². The Bertz CT molecular complexity index is 987. The summed E-state index contributed by atoms with van der Waals surface area (Å²) in [6, 6.07) is 7.86. The summed E-state index contributed by atoms with van der Waals surface area (Å²) >= 11 is 0. The van der Waals surface area contributed by atoms with Crippen molar-refractivity contribution in [3.63, 3.8) is 0 Å². The van der Waals surface area contributed by atoms with Crippen LogP contribution in [0.3, 0.4) is 0 Å². The number of aromatic nitrogens is 3. The number of hydrogen-bond donors (Lipinski definition) is 1. The SMILES string of the molecule is O=C(CCc1ncc(-c2ccc(F)cc2)o1)NCCCN1CCN(c2ncccn2)CC1. The maximum Gasteiger partial charge on any atom is 0.225 e. The Hall–Kier alpha value is -3.33. The monoisotopic (exact) mass is 438 g/mol. The van der Waals surface area contributed by atoms with Gasteiger partial charge in [0, 0.05) is 63.5 Å². The van der Waals surface area contributed by atoms with E-state index < -0.39 is 0 Å². The molecular weight excluding hydrogens is 411 g/mol. The van der Waals surface area contributed by atoms with Crippen molar-refractivity contribution in [2.24, 2.45) is 0 Å². The fourth-order valence-electron chi connectivity index (χ4n) is 3.64. The summed E-state index contributed by atoms with van der Waals surface area (Å²) in [6.45, 7) is 5.34. The number of carbonyl (C=O) groups excluding carboxylic acids is 1. The lowest BCUT2D eigenvalue weighted by Crippen LogP contribution is -2.47. The first-order chi connectivity index (χ1) is 15.7. The Morgan fingerprint density at radius 2 is 1.81 bits per heavy atom. The summed E-state index contributed by atoms with van der Waals surface area (Å²) in [5.41, 5.74) is 0.756. The standard InChI is InChI=1S/C23H27FN6O2/c24-19-5-3-18(4-6-19)20-17-28-22(32-20)8-7-21(31)25-11-2-12-29-13-15-30(16-14-29)23-26-9-1-10-27-23/h1,3-6,9-10,17H,2,7-8,11-16H2,(H,25,31). The van der Waals surface area contributed by atoms with Gasteiger partial charge in [0.1, 0.15) is 5.82 Å². The molecule has 4 rings (SSSR count). The van der Waals surface area contributed by atoms with E-state index in [0.29, 0.717) is 31.0 Å². The molecule has 8 nitrogen and oxygen atoms in total.